The second kappa shape index (κ2) is 17.9. The largest absolute Gasteiger partial charge is 0.378 e. The van der Waals surface area contributed by atoms with Gasteiger partial charge in [0.05, 0.1) is 32.8 Å². The molecule has 4 rings (SSSR count). The van der Waals surface area contributed by atoms with E-state index in [2.05, 4.69) is 48.4 Å². The fraction of sp³-hybridized carbons (Fsp3) is 0.484. The molecule has 0 aliphatic heterocycles. The van der Waals surface area contributed by atoms with Crippen LogP contribution in [0.25, 0.3) is 0 Å². The van der Waals surface area contributed by atoms with E-state index in [1.54, 1.807) is 0 Å². The molecule has 11 heteroatoms. The number of nitrogens with one attached hydrogen (secondary N) is 4. The van der Waals surface area contributed by atoms with Crippen molar-refractivity contribution >= 4 is 29.4 Å². The molecule has 0 atom stereocenters. The zero-order chi connectivity index (χ0) is 29.2. The lowest BCUT2D eigenvalue weighted by Crippen LogP contribution is -2.29. The van der Waals surface area contributed by atoms with Gasteiger partial charge in [-0.3, -0.25) is 4.79 Å². The number of aromatic nitrogens is 3. The third kappa shape index (κ3) is 11.6. The van der Waals surface area contributed by atoms with E-state index in [-0.39, 0.29) is 12.3 Å². The number of carbonyl (C=O) groups excluding carboxylic acids is 1. The molecule has 3 aromatic rings. The molecule has 1 fully saturated rings. The molecule has 0 radical (unpaired) electrons. The lowest BCUT2D eigenvalue weighted by molar-refractivity contribution is -0.120. The number of benzene rings is 2. The van der Waals surface area contributed by atoms with E-state index in [0.29, 0.717) is 69.9 Å². The maximum atomic E-state index is 12.3. The molecule has 1 amide bonds. The lowest BCUT2D eigenvalue weighted by atomic mass is 9.96. The molecule has 2 aromatic carbocycles. The fourth-order valence-corrected chi connectivity index (χ4v) is 4.72. The van der Waals surface area contributed by atoms with E-state index >= 15 is 0 Å². The Hall–Kier alpha value is -3.80. The van der Waals surface area contributed by atoms with Gasteiger partial charge in [0.25, 0.3) is 0 Å². The number of ether oxygens (including phenoxy) is 2. The summed E-state index contributed by atoms with van der Waals surface area (Å²) in [5, 5.41) is 13.1. The second-order valence-corrected chi connectivity index (χ2v) is 10.3. The van der Waals surface area contributed by atoms with Gasteiger partial charge in [-0.05, 0) is 42.5 Å². The van der Waals surface area contributed by atoms with Crippen LogP contribution in [0.5, 0.6) is 0 Å². The number of amides is 1. The van der Waals surface area contributed by atoms with Crippen LogP contribution in [0.3, 0.4) is 0 Å². The van der Waals surface area contributed by atoms with Crippen molar-refractivity contribution < 1.29 is 14.3 Å². The van der Waals surface area contributed by atoms with Crippen molar-refractivity contribution in [2.24, 2.45) is 5.73 Å². The van der Waals surface area contributed by atoms with Gasteiger partial charge >= 0.3 is 0 Å². The van der Waals surface area contributed by atoms with Crippen molar-refractivity contribution in [1.29, 1.82) is 0 Å². The summed E-state index contributed by atoms with van der Waals surface area (Å²) >= 11 is 0. The number of rotatable bonds is 18. The number of hydrogen-bond donors (Lipinski definition) is 5. The lowest BCUT2D eigenvalue weighted by Gasteiger charge is -2.23. The smallest absolute Gasteiger partial charge is 0.233 e. The molecule has 6 N–H and O–H groups in total. The van der Waals surface area contributed by atoms with E-state index in [1.165, 1.54) is 24.8 Å². The molecule has 0 unspecified atom stereocenters. The van der Waals surface area contributed by atoms with Crippen LogP contribution < -0.4 is 27.0 Å². The monoisotopic (exact) mass is 576 g/mol. The minimum atomic E-state index is -0.0548. The summed E-state index contributed by atoms with van der Waals surface area (Å²) in [6.45, 7) is 3.60. The number of hydrogen-bond acceptors (Lipinski definition) is 10. The Morgan fingerprint density at radius 1 is 0.786 bits per heavy atom. The Kier molecular flexibility index (Phi) is 13.3. The first-order valence-corrected chi connectivity index (χ1v) is 15.0. The Balaban J connectivity index is 1.28. The van der Waals surface area contributed by atoms with Gasteiger partial charge in [-0.1, -0.05) is 61.7 Å². The Morgan fingerprint density at radius 2 is 1.50 bits per heavy atom. The third-order valence-electron chi connectivity index (χ3n) is 6.89. The van der Waals surface area contributed by atoms with Crippen LogP contribution in [-0.4, -0.2) is 73.0 Å². The standard InChI is InChI=1S/C31H44N8O3/c32-16-19-41-21-22-42-20-18-33-28(40)23-25-11-13-27(14-12-25)36-31-38-29(34-17-15-24-7-3-1-4-8-24)37-30(39-31)35-26-9-5-2-6-10-26/h1,3-4,7-8,11-14,26H,2,5-6,9-10,15-23,32H2,(H,33,40)(H3,34,35,36,37,38,39). The van der Waals surface area contributed by atoms with Crippen LogP contribution >= 0.6 is 0 Å². The first kappa shape index (κ1) is 31.1. The molecule has 1 saturated carbocycles. The molecule has 1 heterocycles. The molecular weight excluding hydrogens is 532 g/mol. The fourth-order valence-electron chi connectivity index (χ4n) is 4.72. The average molecular weight is 577 g/mol. The van der Waals surface area contributed by atoms with Gasteiger partial charge in [-0.2, -0.15) is 15.0 Å². The summed E-state index contributed by atoms with van der Waals surface area (Å²) in [6, 6.07) is 18.4. The minimum Gasteiger partial charge on any atom is -0.378 e. The highest BCUT2D eigenvalue weighted by Crippen LogP contribution is 2.22. The molecule has 1 aliphatic rings. The molecule has 226 valence electrons. The summed E-state index contributed by atoms with van der Waals surface area (Å²) < 4.78 is 10.7. The van der Waals surface area contributed by atoms with Gasteiger partial charge in [-0.15, -0.1) is 0 Å². The van der Waals surface area contributed by atoms with Crippen molar-refractivity contribution in [3.8, 4) is 0 Å². The van der Waals surface area contributed by atoms with E-state index in [9.17, 15) is 4.79 Å². The first-order valence-electron chi connectivity index (χ1n) is 15.0. The third-order valence-corrected chi connectivity index (χ3v) is 6.89. The van der Waals surface area contributed by atoms with E-state index < -0.39 is 0 Å². The molecule has 42 heavy (non-hydrogen) atoms. The number of carbonyl (C=O) groups is 1. The van der Waals surface area contributed by atoms with Crippen LogP contribution in [0.4, 0.5) is 23.5 Å². The number of anilines is 4. The second-order valence-electron chi connectivity index (χ2n) is 10.3. The zero-order valence-electron chi connectivity index (χ0n) is 24.3. The highest BCUT2D eigenvalue weighted by molar-refractivity contribution is 5.78. The molecule has 0 spiro atoms. The predicted molar refractivity (Wildman–Crippen MR) is 166 cm³/mol. The average Bonchev–Trinajstić information content (AvgIpc) is 3.00. The summed E-state index contributed by atoms with van der Waals surface area (Å²) in [5.74, 6) is 1.51. The Morgan fingerprint density at radius 3 is 2.26 bits per heavy atom. The van der Waals surface area contributed by atoms with Gasteiger partial charge in [0.1, 0.15) is 0 Å². The first-order chi connectivity index (χ1) is 20.7. The van der Waals surface area contributed by atoms with Gasteiger partial charge in [0.15, 0.2) is 0 Å². The van der Waals surface area contributed by atoms with Crippen LogP contribution in [0.2, 0.25) is 0 Å². The Bertz CT molecular complexity index is 1190. The topological polar surface area (TPSA) is 148 Å². The van der Waals surface area contributed by atoms with Crippen molar-refractivity contribution in [2.75, 3.05) is 62.0 Å². The molecule has 0 saturated heterocycles. The van der Waals surface area contributed by atoms with Crippen molar-refractivity contribution in [3.63, 3.8) is 0 Å². The number of nitrogens with zero attached hydrogens (tertiary/aromatic N) is 3. The van der Waals surface area contributed by atoms with Crippen LogP contribution in [0.1, 0.15) is 43.2 Å². The quantitative estimate of drug-likeness (QED) is 0.142. The molecule has 11 nitrogen and oxygen atoms in total. The van der Waals surface area contributed by atoms with Gasteiger partial charge in [-0.25, -0.2) is 0 Å². The van der Waals surface area contributed by atoms with E-state index in [1.807, 2.05) is 42.5 Å². The van der Waals surface area contributed by atoms with Crippen molar-refractivity contribution in [3.05, 3.63) is 65.7 Å². The maximum Gasteiger partial charge on any atom is 0.233 e. The van der Waals surface area contributed by atoms with Gasteiger partial charge in [0.2, 0.25) is 23.8 Å². The molecule has 1 aromatic heterocycles. The highest BCUT2D eigenvalue weighted by atomic mass is 16.5. The van der Waals surface area contributed by atoms with Crippen LogP contribution in [-0.2, 0) is 27.1 Å². The summed E-state index contributed by atoms with van der Waals surface area (Å²) in [4.78, 5) is 26.2. The number of nitrogens with two attached hydrogens (primary N) is 1. The molecule has 1 aliphatic carbocycles. The van der Waals surface area contributed by atoms with E-state index in [4.69, 9.17) is 15.2 Å². The van der Waals surface area contributed by atoms with Crippen LogP contribution in [0.15, 0.2) is 54.6 Å². The maximum absolute atomic E-state index is 12.3. The SMILES string of the molecule is NCCOCCOCCNC(=O)Cc1ccc(Nc2nc(NCCc3ccccc3)nc(NC3CCCCC3)n2)cc1. The minimum absolute atomic E-state index is 0.0548. The Labute approximate surface area is 248 Å². The van der Waals surface area contributed by atoms with E-state index in [0.717, 1.165) is 30.5 Å². The predicted octanol–water partition coefficient (Wildman–Crippen LogP) is 3.67. The summed E-state index contributed by atoms with van der Waals surface area (Å²) in [7, 11) is 0. The normalized spacial score (nSPS) is 13.5. The molecular formula is C31H44N8O3. The molecule has 0 bridgehead atoms. The summed E-state index contributed by atoms with van der Waals surface area (Å²) in [5.41, 5.74) is 8.36. The zero-order valence-corrected chi connectivity index (χ0v) is 24.3. The summed E-state index contributed by atoms with van der Waals surface area (Å²) in [6.07, 6.45) is 7.13. The highest BCUT2D eigenvalue weighted by Gasteiger charge is 2.16. The van der Waals surface area contributed by atoms with Gasteiger partial charge < -0.3 is 36.5 Å². The van der Waals surface area contributed by atoms with Crippen LogP contribution in [0, 0.1) is 0 Å². The van der Waals surface area contributed by atoms with Crippen molar-refractivity contribution in [1.82, 2.24) is 20.3 Å². The van der Waals surface area contributed by atoms with Gasteiger partial charge in [0, 0.05) is 31.4 Å². The van der Waals surface area contributed by atoms with Crippen molar-refractivity contribution in [2.45, 2.75) is 51.0 Å².